The van der Waals surface area contributed by atoms with E-state index in [2.05, 4.69) is 168 Å². The van der Waals surface area contributed by atoms with E-state index in [0.717, 1.165) is 96.4 Å². The van der Waals surface area contributed by atoms with Crippen LogP contribution in [-0.2, 0) is 0 Å². The molecule has 0 amide bonds. The van der Waals surface area contributed by atoms with Crippen molar-refractivity contribution in [2.45, 2.75) is 40.5 Å². The average molecular weight is 702 g/mol. The van der Waals surface area contributed by atoms with Gasteiger partial charge in [0.1, 0.15) is 0 Å². The van der Waals surface area contributed by atoms with Crippen molar-refractivity contribution < 1.29 is 0 Å². The summed E-state index contributed by atoms with van der Waals surface area (Å²) in [5.74, 6) is 1.66. The zero-order valence-corrected chi connectivity index (χ0v) is 30.8. The van der Waals surface area contributed by atoms with Gasteiger partial charge in [0, 0.05) is 22.9 Å². The summed E-state index contributed by atoms with van der Waals surface area (Å²) in [6.07, 6.45) is 3.50. The fraction of sp³-hybridized carbons (Fsp3) is 0.128. The predicted octanol–water partition coefficient (Wildman–Crippen LogP) is 10.9. The molecule has 2 heterocycles. The third kappa shape index (κ3) is 6.92. The highest BCUT2D eigenvalue weighted by molar-refractivity contribution is 6.08. The van der Waals surface area contributed by atoms with Gasteiger partial charge in [0.2, 0.25) is 11.6 Å². The highest BCUT2D eigenvalue weighted by atomic mass is 15.3. The number of aryl methyl sites for hydroxylation is 4. The molecule has 0 saturated carbocycles. The van der Waals surface area contributed by atoms with Crippen molar-refractivity contribution in [1.82, 2.24) is 20.4 Å². The second-order valence-corrected chi connectivity index (χ2v) is 13.7. The Hall–Kier alpha value is -6.73. The van der Waals surface area contributed by atoms with E-state index in [0.29, 0.717) is 17.5 Å². The Morgan fingerprint density at radius 2 is 0.870 bits per heavy atom. The molecule has 1 aliphatic rings. The van der Waals surface area contributed by atoms with Gasteiger partial charge in [-0.15, -0.1) is 25.5 Å². The molecule has 0 bridgehead atoms. The quantitative estimate of drug-likeness (QED) is 0.165. The van der Waals surface area contributed by atoms with E-state index in [-0.39, 0.29) is 0 Å². The van der Waals surface area contributed by atoms with Crippen LogP contribution in [0, 0.1) is 27.7 Å². The summed E-state index contributed by atoms with van der Waals surface area (Å²) in [5, 5.41) is 27.5. The SMILES string of the molecule is Cc1cccc(C)c1C1=N/N=C(/c2cccc(-c3ccccc3-c3ccccc3-c3cccc(-c4nnc(-c5c(C)cccc5C)nn4)c3)c2)CCC=N1. The molecule has 262 valence electrons. The first-order valence-corrected chi connectivity index (χ1v) is 18.2. The van der Waals surface area contributed by atoms with E-state index < -0.39 is 0 Å². The molecule has 1 aliphatic heterocycles. The molecule has 0 fully saturated rings. The van der Waals surface area contributed by atoms with Crippen molar-refractivity contribution >= 4 is 17.8 Å². The fourth-order valence-electron chi connectivity index (χ4n) is 7.26. The smallest absolute Gasteiger partial charge is 0.204 e. The van der Waals surface area contributed by atoms with Crippen molar-refractivity contribution in [3.05, 3.63) is 167 Å². The molecule has 0 atom stereocenters. The lowest BCUT2D eigenvalue weighted by atomic mass is 9.88. The molecule has 1 aromatic heterocycles. The van der Waals surface area contributed by atoms with Gasteiger partial charge in [-0.05, 0) is 114 Å². The van der Waals surface area contributed by atoms with Crippen LogP contribution in [0.2, 0.25) is 0 Å². The minimum absolute atomic E-state index is 0.482. The molecule has 54 heavy (non-hydrogen) atoms. The molecular formula is C47H39N7. The number of hydrogen-bond acceptors (Lipinski definition) is 7. The van der Waals surface area contributed by atoms with Crippen LogP contribution in [0.1, 0.15) is 46.2 Å². The normalized spacial score (nSPS) is 13.8. The van der Waals surface area contributed by atoms with Crippen molar-refractivity contribution in [2.24, 2.45) is 15.2 Å². The third-order valence-corrected chi connectivity index (χ3v) is 9.96. The summed E-state index contributed by atoms with van der Waals surface area (Å²) in [4.78, 5) is 4.69. The molecular weight excluding hydrogens is 663 g/mol. The van der Waals surface area contributed by atoms with Crippen molar-refractivity contribution in [1.29, 1.82) is 0 Å². The predicted molar refractivity (Wildman–Crippen MR) is 221 cm³/mol. The summed E-state index contributed by atoms with van der Waals surface area (Å²) >= 11 is 0. The van der Waals surface area contributed by atoms with Crippen LogP contribution in [-0.4, -0.2) is 38.2 Å². The molecule has 0 aliphatic carbocycles. The number of benzene rings is 6. The van der Waals surface area contributed by atoms with E-state index in [1.807, 2.05) is 24.4 Å². The zero-order chi connectivity index (χ0) is 37.0. The standard InChI is InChI=1S/C47H39N7/c1-30-14-9-15-31(2)43(30)46-48-27-13-26-42(49-52-46)36-20-11-18-34(28-36)38-22-5-7-24-40(38)41-25-8-6-23-39(41)35-19-12-21-37(29-35)45-50-53-47(54-51-45)44-32(3)16-10-17-33(44)4/h5-12,14-25,27-29H,13,26H2,1-4H3/b48-27?,49-42+,52-46?. The highest BCUT2D eigenvalue weighted by Gasteiger charge is 2.17. The van der Waals surface area contributed by atoms with Gasteiger partial charge in [-0.3, -0.25) is 0 Å². The van der Waals surface area contributed by atoms with Crippen LogP contribution >= 0.6 is 0 Å². The van der Waals surface area contributed by atoms with Gasteiger partial charge in [0.25, 0.3) is 0 Å². The number of amidine groups is 1. The Kier molecular flexibility index (Phi) is 9.60. The molecule has 0 spiro atoms. The van der Waals surface area contributed by atoms with Crippen molar-refractivity contribution in [3.8, 4) is 56.2 Å². The summed E-state index contributed by atoms with van der Waals surface area (Å²) in [5.41, 5.74) is 16.0. The lowest BCUT2D eigenvalue weighted by molar-refractivity contribution is 0.874. The van der Waals surface area contributed by atoms with Crippen LogP contribution in [0.5, 0.6) is 0 Å². The van der Waals surface area contributed by atoms with Crippen LogP contribution in [0.25, 0.3) is 56.2 Å². The van der Waals surface area contributed by atoms with Gasteiger partial charge < -0.3 is 0 Å². The number of aliphatic imine (C=N–C) groups is 1. The van der Waals surface area contributed by atoms with Crippen molar-refractivity contribution in [2.75, 3.05) is 0 Å². The molecule has 0 saturated heterocycles. The lowest BCUT2D eigenvalue weighted by Crippen LogP contribution is -2.08. The second-order valence-electron chi connectivity index (χ2n) is 13.7. The number of nitrogens with zero attached hydrogens (tertiary/aromatic N) is 7. The minimum atomic E-state index is 0.482. The number of hydrogen-bond donors (Lipinski definition) is 0. The minimum Gasteiger partial charge on any atom is -0.239 e. The van der Waals surface area contributed by atoms with Crippen molar-refractivity contribution in [3.63, 3.8) is 0 Å². The van der Waals surface area contributed by atoms with Gasteiger partial charge in [-0.1, -0.05) is 121 Å². The first kappa shape index (κ1) is 34.4. The fourth-order valence-corrected chi connectivity index (χ4v) is 7.26. The van der Waals surface area contributed by atoms with E-state index in [1.165, 1.54) is 0 Å². The number of aromatic nitrogens is 4. The highest BCUT2D eigenvalue weighted by Crippen LogP contribution is 2.39. The third-order valence-electron chi connectivity index (χ3n) is 9.96. The van der Waals surface area contributed by atoms with Gasteiger partial charge in [0.15, 0.2) is 5.84 Å². The van der Waals surface area contributed by atoms with Crippen LogP contribution in [0.15, 0.2) is 149 Å². The monoisotopic (exact) mass is 701 g/mol. The second kappa shape index (κ2) is 15.1. The summed E-state index contributed by atoms with van der Waals surface area (Å²) in [6.45, 7) is 8.29. The first-order chi connectivity index (χ1) is 26.4. The molecule has 0 N–H and O–H groups in total. The number of rotatable bonds is 7. The van der Waals surface area contributed by atoms with Crippen LogP contribution < -0.4 is 0 Å². The van der Waals surface area contributed by atoms with E-state index >= 15 is 0 Å². The maximum absolute atomic E-state index is 4.80. The Labute approximate surface area is 316 Å². The van der Waals surface area contributed by atoms with Crippen LogP contribution in [0.4, 0.5) is 0 Å². The Morgan fingerprint density at radius 1 is 0.407 bits per heavy atom. The van der Waals surface area contributed by atoms with E-state index in [4.69, 9.17) is 10.1 Å². The topological polar surface area (TPSA) is 88.6 Å². The molecule has 8 rings (SSSR count). The first-order valence-electron chi connectivity index (χ1n) is 18.2. The van der Waals surface area contributed by atoms with Gasteiger partial charge in [0.05, 0.1) is 5.71 Å². The maximum Gasteiger partial charge on any atom is 0.204 e. The molecule has 0 radical (unpaired) electrons. The maximum atomic E-state index is 4.80. The largest absolute Gasteiger partial charge is 0.239 e. The van der Waals surface area contributed by atoms with E-state index in [9.17, 15) is 0 Å². The molecule has 0 unspecified atom stereocenters. The zero-order valence-electron chi connectivity index (χ0n) is 30.8. The van der Waals surface area contributed by atoms with E-state index in [1.54, 1.807) is 0 Å². The Balaban J connectivity index is 1.13. The molecule has 7 heteroatoms. The summed E-state index contributed by atoms with van der Waals surface area (Å²) in [7, 11) is 0. The van der Waals surface area contributed by atoms with Gasteiger partial charge >= 0.3 is 0 Å². The Morgan fingerprint density at radius 3 is 1.46 bits per heavy atom. The summed E-state index contributed by atoms with van der Waals surface area (Å²) < 4.78 is 0. The van der Waals surface area contributed by atoms with Crippen LogP contribution in [0.3, 0.4) is 0 Å². The molecule has 7 nitrogen and oxygen atoms in total. The van der Waals surface area contributed by atoms with Gasteiger partial charge in [-0.25, -0.2) is 4.99 Å². The molecule has 6 aromatic carbocycles. The summed E-state index contributed by atoms with van der Waals surface area (Å²) in [6, 6.07) is 46.4. The van der Waals surface area contributed by atoms with Gasteiger partial charge in [-0.2, -0.15) is 5.10 Å². The lowest BCUT2D eigenvalue weighted by Gasteiger charge is -2.16. The Bertz CT molecular complexity index is 2560. The average Bonchev–Trinajstić information content (AvgIpc) is 3.19. The molecule has 7 aromatic rings.